The van der Waals surface area contributed by atoms with Gasteiger partial charge in [0.1, 0.15) is 0 Å². The molecule has 2 fully saturated rings. The summed E-state index contributed by atoms with van der Waals surface area (Å²) in [6.07, 6.45) is 4.87. The van der Waals surface area contributed by atoms with Gasteiger partial charge in [0.05, 0.1) is 18.8 Å². The van der Waals surface area contributed by atoms with E-state index in [-0.39, 0.29) is 11.9 Å². The molecule has 0 radical (unpaired) electrons. The molecule has 0 aromatic rings. The van der Waals surface area contributed by atoms with Crippen LogP contribution in [0.15, 0.2) is 0 Å². The molecule has 0 saturated carbocycles. The Hall–Kier alpha value is -0.650. The summed E-state index contributed by atoms with van der Waals surface area (Å²) in [5, 5.41) is 0. The van der Waals surface area contributed by atoms with E-state index in [2.05, 4.69) is 4.90 Å². The second kappa shape index (κ2) is 7.22. The van der Waals surface area contributed by atoms with Crippen LogP contribution in [-0.4, -0.2) is 67.2 Å². The fourth-order valence-corrected chi connectivity index (χ4v) is 2.89. The molecule has 110 valence electrons. The first-order chi connectivity index (χ1) is 9.16. The van der Waals surface area contributed by atoms with Gasteiger partial charge in [0.25, 0.3) is 0 Å². The van der Waals surface area contributed by atoms with Crippen LogP contribution in [0, 0.1) is 0 Å². The summed E-state index contributed by atoms with van der Waals surface area (Å²) in [7, 11) is 0. The molecular weight excluding hydrogens is 242 g/mol. The standard InChI is InChI=1S/C14H27N3O2/c1-12(15)14(18)17-8-4-13(5-9-17)19-11-10-16-6-2-3-7-16/h12-13H,2-11,15H2,1H3. The van der Waals surface area contributed by atoms with E-state index in [0.29, 0.717) is 6.10 Å². The topological polar surface area (TPSA) is 58.8 Å². The van der Waals surface area contributed by atoms with E-state index in [9.17, 15) is 4.79 Å². The molecule has 2 aliphatic heterocycles. The van der Waals surface area contributed by atoms with E-state index in [0.717, 1.165) is 39.1 Å². The number of nitrogens with zero attached hydrogens (tertiary/aromatic N) is 2. The lowest BCUT2D eigenvalue weighted by atomic mass is 10.1. The van der Waals surface area contributed by atoms with Gasteiger partial charge in [0, 0.05) is 19.6 Å². The normalized spacial score (nSPS) is 23.8. The highest BCUT2D eigenvalue weighted by atomic mass is 16.5. The quantitative estimate of drug-likeness (QED) is 0.786. The molecule has 0 aliphatic carbocycles. The van der Waals surface area contributed by atoms with E-state index in [1.54, 1.807) is 6.92 Å². The Kier molecular flexibility index (Phi) is 5.60. The predicted molar refractivity (Wildman–Crippen MR) is 74.9 cm³/mol. The summed E-state index contributed by atoms with van der Waals surface area (Å²) in [4.78, 5) is 16.1. The first-order valence-corrected chi connectivity index (χ1v) is 7.55. The van der Waals surface area contributed by atoms with E-state index in [1.165, 1.54) is 25.9 Å². The average molecular weight is 269 g/mol. The van der Waals surface area contributed by atoms with Crippen LogP contribution in [0.3, 0.4) is 0 Å². The maximum Gasteiger partial charge on any atom is 0.239 e. The molecule has 2 aliphatic rings. The minimum Gasteiger partial charge on any atom is -0.377 e. The fraction of sp³-hybridized carbons (Fsp3) is 0.929. The smallest absolute Gasteiger partial charge is 0.239 e. The second-order valence-corrected chi connectivity index (χ2v) is 5.73. The third kappa shape index (κ3) is 4.44. The van der Waals surface area contributed by atoms with Gasteiger partial charge in [-0.1, -0.05) is 0 Å². The van der Waals surface area contributed by atoms with Crippen molar-refractivity contribution in [1.82, 2.24) is 9.80 Å². The van der Waals surface area contributed by atoms with Crippen LogP contribution in [0.2, 0.25) is 0 Å². The Morgan fingerprint density at radius 3 is 2.47 bits per heavy atom. The van der Waals surface area contributed by atoms with E-state index in [1.807, 2.05) is 4.90 Å². The van der Waals surface area contributed by atoms with Crippen molar-refractivity contribution < 1.29 is 9.53 Å². The molecule has 0 aromatic carbocycles. The number of nitrogens with two attached hydrogens (primary N) is 1. The Morgan fingerprint density at radius 1 is 1.26 bits per heavy atom. The zero-order chi connectivity index (χ0) is 13.7. The van der Waals surface area contributed by atoms with Crippen molar-refractivity contribution in [2.24, 2.45) is 5.73 Å². The van der Waals surface area contributed by atoms with Crippen molar-refractivity contribution in [3.8, 4) is 0 Å². The number of carbonyl (C=O) groups excluding carboxylic acids is 1. The maximum atomic E-state index is 11.7. The number of rotatable bonds is 5. The lowest BCUT2D eigenvalue weighted by Crippen LogP contribution is -2.47. The Morgan fingerprint density at radius 2 is 1.89 bits per heavy atom. The molecule has 5 heteroatoms. The lowest BCUT2D eigenvalue weighted by molar-refractivity contribution is -0.134. The summed E-state index contributed by atoms with van der Waals surface area (Å²) >= 11 is 0. The van der Waals surface area contributed by atoms with E-state index in [4.69, 9.17) is 10.5 Å². The number of piperidine rings is 1. The molecule has 1 atom stereocenters. The number of likely N-dealkylation sites (tertiary alicyclic amines) is 2. The Labute approximate surface area is 116 Å². The highest BCUT2D eigenvalue weighted by molar-refractivity contribution is 5.81. The van der Waals surface area contributed by atoms with Gasteiger partial charge in [-0.05, 0) is 45.7 Å². The molecule has 1 amide bonds. The average Bonchev–Trinajstić information content (AvgIpc) is 2.92. The summed E-state index contributed by atoms with van der Waals surface area (Å²) in [6, 6.07) is -0.382. The van der Waals surface area contributed by atoms with Gasteiger partial charge in [-0.15, -0.1) is 0 Å². The first kappa shape index (κ1) is 14.8. The lowest BCUT2D eigenvalue weighted by Gasteiger charge is -2.33. The largest absolute Gasteiger partial charge is 0.377 e. The summed E-state index contributed by atoms with van der Waals surface area (Å²) in [5.74, 6) is 0.0653. The van der Waals surface area contributed by atoms with Gasteiger partial charge in [0.15, 0.2) is 0 Å². The molecule has 2 N–H and O–H groups in total. The third-order valence-corrected chi connectivity index (χ3v) is 4.10. The fourth-order valence-electron chi connectivity index (χ4n) is 2.89. The van der Waals surface area contributed by atoms with Crippen molar-refractivity contribution in [3.63, 3.8) is 0 Å². The van der Waals surface area contributed by atoms with Crippen LogP contribution in [0.5, 0.6) is 0 Å². The zero-order valence-electron chi connectivity index (χ0n) is 12.0. The molecular formula is C14H27N3O2. The van der Waals surface area contributed by atoms with E-state index < -0.39 is 0 Å². The number of ether oxygens (including phenoxy) is 1. The maximum absolute atomic E-state index is 11.7. The van der Waals surface area contributed by atoms with Gasteiger partial charge in [0.2, 0.25) is 5.91 Å². The molecule has 19 heavy (non-hydrogen) atoms. The molecule has 2 heterocycles. The first-order valence-electron chi connectivity index (χ1n) is 7.55. The molecule has 1 unspecified atom stereocenters. The number of hydrogen-bond donors (Lipinski definition) is 1. The highest BCUT2D eigenvalue weighted by Gasteiger charge is 2.24. The Balaban J connectivity index is 1.59. The second-order valence-electron chi connectivity index (χ2n) is 5.73. The van der Waals surface area contributed by atoms with Crippen LogP contribution < -0.4 is 5.73 Å². The molecule has 0 spiro atoms. The minimum atomic E-state index is -0.382. The van der Waals surface area contributed by atoms with E-state index >= 15 is 0 Å². The molecule has 5 nitrogen and oxygen atoms in total. The van der Waals surface area contributed by atoms with Crippen molar-refractivity contribution in [2.75, 3.05) is 39.3 Å². The van der Waals surface area contributed by atoms with Crippen LogP contribution in [0.1, 0.15) is 32.6 Å². The SMILES string of the molecule is CC(N)C(=O)N1CCC(OCCN2CCCC2)CC1. The predicted octanol–water partition coefficient (Wildman–Crippen LogP) is 0.437. The van der Waals surface area contributed by atoms with Crippen LogP contribution >= 0.6 is 0 Å². The van der Waals surface area contributed by atoms with Crippen LogP contribution in [-0.2, 0) is 9.53 Å². The summed E-state index contributed by atoms with van der Waals surface area (Å²) in [5.41, 5.74) is 5.62. The third-order valence-electron chi connectivity index (χ3n) is 4.10. The molecule has 0 bridgehead atoms. The molecule has 0 aromatic heterocycles. The highest BCUT2D eigenvalue weighted by Crippen LogP contribution is 2.15. The molecule has 2 rings (SSSR count). The van der Waals surface area contributed by atoms with Gasteiger partial charge < -0.3 is 20.3 Å². The molecule has 2 saturated heterocycles. The van der Waals surface area contributed by atoms with Gasteiger partial charge in [-0.3, -0.25) is 4.79 Å². The summed E-state index contributed by atoms with van der Waals surface area (Å²) < 4.78 is 5.92. The van der Waals surface area contributed by atoms with Crippen molar-refractivity contribution in [2.45, 2.75) is 44.8 Å². The van der Waals surface area contributed by atoms with Crippen molar-refractivity contribution in [3.05, 3.63) is 0 Å². The zero-order valence-corrected chi connectivity index (χ0v) is 12.0. The van der Waals surface area contributed by atoms with Crippen molar-refractivity contribution in [1.29, 1.82) is 0 Å². The number of amides is 1. The number of hydrogen-bond acceptors (Lipinski definition) is 4. The monoisotopic (exact) mass is 269 g/mol. The summed E-state index contributed by atoms with van der Waals surface area (Å²) in [6.45, 7) is 7.66. The van der Waals surface area contributed by atoms with Gasteiger partial charge in [-0.2, -0.15) is 0 Å². The van der Waals surface area contributed by atoms with Gasteiger partial charge >= 0.3 is 0 Å². The number of carbonyl (C=O) groups is 1. The van der Waals surface area contributed by atoms with Crippen LogP contribution in [0.25, 0.3) is 0 Å². The van der Waals surface area contributed by atoms with Gasteiger partial charge in [-0.25, -0.2) is 0 Å². The Bertz CT molecular complexity index is 282. The van der Waals surface area contributed by atoms with Crippen molar-refractivity contribution >= 4 is 5.91 Å². The van der Waals surface area contributed by atoms with Crippen LogP contribution in [0.4, 0.5) is 0 Å². The minimum absolute atomic E-state index is 0.0653.